The molecule has 0 saturated heterocycles. The molecule has 0 aliphatic heterocycles. The van der Waals surface area contributed by atoms with E-state index in [-0.39, 0.29) is 17.3 Å². The van der Waals surface area contributed by atoms with E-state index in [9.17, 15) is 9.59 Å². The number of thiazole rings is 1. The van der Waals surface area contributed by atoms with Crippen molar-refractivity contribution >= 4 is 35.0 Å². The molecule has 2 N–H and O–H groups in total. The number of thioether (sulfide) groups is 1. The quantitative estimate of drug-likeness (QED) is 0.836. The van der Waals surface area contributed by atoms with Gasteiger partial charge in [-0.3, -0.25) is 4.79 Å². The molecule has 0 bridgehead atoms. The van der Waals surface area contributed by atoms with Gasteiger partial charge in [-0.15, -0.1) is 23.1 Å². The van der Waals surface area contributed by atoms with Crippen LogP contribution in [-0.2, 0) is 11.3 Å². The number of aromatic nitrogens is 1. The Labute approximate surface area is 114 Å². The molecule has 5 nitrogen and oxygen atoms in total. The lowest BCUT2D eigenvalue weighted by Crippen LogP contribution is -2.25. The zero-order valence-corrected chi connectivity index (χ0v) is 12.2. The third-order valence-corrected chi connectivity index (χ3v) is 4.26. The predicted molar refractivity (Wildman–Crippen MR) is 73.3 cm³/mol. The van der Waals surface area contributed by atoms with E-state index in [0.717, 1.165) is 11.3 Å². The molecule has 0 saturated carbocycles. The van der Waals surface area contributed by atoms with E-state index in [1.807, 2.05) is 13.8 Å². The minimum absolute atomic E-state index is 0.0570. The number of carboxylic acid groups (broad SMARTS) is 1. The van der Waals surface area contributed by atoms with Crippen LogP contribution in [0.25, 0.3) is 0 Å². The minimum Gasteiger partial charge on any atom is -0.477 e. The van der Waals surface area contributed by atoms with Crippen LogP contribution in [0.4, 0.5) is 0 Å². The van der Waals surface area contributed by atoms with E-state index in [1.54, 1.807) is 18.7 Å². The smallest absolute Gasteiger partial charge is 0.347 e. The first-order chi connectivity index (χ1) is 8.40. The number of nitrogens with zero attached hydrogens (tertiary/aromatic N) is 1. The second-order valence-corrected chi connectivity index (χ2v) is 6.61. The molecule has 1 aromatic heterocycles. The third-order valence-electron chi connectivity index (χ3n) is 2.02. The predicted octanol–water partition coefficient (Wildman–Crippen LogP) is 1.91. The number of hydrogen-bond acceptors (Lipinski definition) is 5. The first-order valence-electron chi connectivity index (χ1n) is 5.48. The van der Waals surface area contributed by atoms with Gasteiger partial charge in [0.1, 0.15) is 9.88 Å². The zero-order chi connectivity index (χ0) is 13.7. The molecule has 1 amide bonds. The van der Waals surface area contributed by atoms with Gasteiger partial charge in [-0.25, -0.2) is 9.78 Å². The summed E-state index contributed by atoms with van der Waals surface area (Å²) in [6, 6.07) is 0. The molecule has 0 spiro atoms. The Morgan fingerprint density at radius 2 is 2.17 bits per heavy atom. The van der Waals surface area contributed by atoms with Crippen molar-refractivity contribution in [3.8, 4) is 0 Å². The van der Waals surface area contributed by atoms with E-state index in [1.165, 1.54) is 0 Å². The molecular weight excluding hydrogens is 272 g/mol. The molecule has 1 heterocycles. The normalized spacial score (nSPS) is 10.7. The van der Waals surface area contributed by atoms with Crippen molar-refractivity contribution in [2.45, 2.75) is 32.6 Å². The highest BCUT2D eigenvalue weighted by Gasteiger charge is 2.14. The molecule has 0 aliphatic rings. The molecular formula is C11H16N2O3S2. The largest absolute Gasteiger partial charge is 0.477 e. The summed E-state index contributed by atoms with van der Waals surface area (Å²) in [5.41, 5.74) is 0.494. The molecule has 0 fully saturated rings. The van der Waals surface area contributed by atoms with Gasteiger partial charge < -0.3 is 10.4 Å². The fourth-order valence-electron chi connectivity index (χ4n) is 1.19. The monoisotopic (exact) mass is 288 g/mol. The van der Waals surface area contributed by atoms with Gasteiger partial charge in [0.2, 0.25) is 5.91 Å². The van der Waals surface area contributed by atoms with Crippen LogP contribution in [0.15, 0.2) is 0 Å². The van der Waals surface area contributed by atoms with Crippen LogP contribution < -0.4 is 5.32 Å². The summed E-state index contributed by atoms with van der Waals surface area (Å²) in [5.74, 6) is -0.621. The number of amides is 1. The highest BCUT2D eigenvalue weighted by Crippen LogP contribution is 2.17. The van der Waals surface area contributed by atoms with Crippen molar-refractivity contribution in [1.29, 1.82) is 0 Å². The third kappa shape index (κ3) is 4.66. The van der Waals surface area contributed by atoms with Crippen molar-refractivity contribution in [2.24, 2.45) is 0 Å². The number of aromatic carboxylic acids is 1. The average molecular weight is 288 g/mol. The molecule has 0 unspecified atom stereocenters. The summed E-state index contributed by atoms with van der Waals surface area (Å²) < 4.78 is 0. The Bertz CT molecular complexity index is 443. The SMILES string of the molecule is Cc1nc(CNC(=O)CSC(C)C)sc1C(=O)O. The van der Waals surface area contributed by atoms with Gasteiger partial charge in [-0.2, -0.15) is 0 Å². The summed E-state index contributed by atoms with van der Waals surface area (Å²) in [6.07, 6.45) is 0. The molecule has 0 aliphatic carbocycles. The topological polar surface area (TPSA) is 79.3 Å². The lowest BCUT2D eigenvalue weighted by molar-refractivity contribution is -0.118. The zero-order valence-electron chi connectivity index (χ0n) is 10.5. The average Bonchev–Trinajstić information content (AvgIpc) is 2.65. The summed E-state index contributed by atoms with van der Waals surface area (Å²) in [5, 5.41) is 12.6. The highest BCUT2D eigenvalue weighted by atomic mass is 32.2. The van der Waals surface area contributed by atoms with Crippen LogP contribution >= 0.6 is 23.1 Å². The second-order valence-electron chi connectivity index (χ2n) is 3.96. The van der Waals surface area contributed by atoms with Crippen molar-refractivity contribution in [1.82, 2.24) is 10.3 Å². The van der Waals surface area contributed by atoms with Crippen LogP contribution in [0.2, 0.25) is 0 Å². The Hall–Kier alpha value is -1.08. The molecule has 18 heavy (non-hydrogen) atoms. The maximum atomic E-state index is 11.5. The van der Waals surface area contributed by atoms with Crippen LogP contribution in [0.3, 0.4) is 0 Å². The lowest BCUT2D eigenvalue weighted by Gasteiger charge is -2.04. The van der Waals surface area contributed by atoms with Gasteiger partial charge in [-0.05, 0) is 12.2 Å². The van der Waals surface area contributed by atoms with Crippen molar-refractivity contribution in [2.75, 3.05) is 5.75 Å². The summed E-state index contributed by atoms with van der Waals surface area (Å²) in [7, 11) is 0. The van der Waals surface area contributed by atoms with Crippen LogP contribution in [0.1, 0.15) is 34.2 Å². The molecule has 0 aromatic carbocycles. The van der Waals surface area contributed by atoms with Gasteiger partial charge in [0.15, 0.2) is 0 Å². The van der Waals surface area contributed by atoms with Crippen LogP contribution in [0.5, 0.6) is 0 Å². The second kappa shape index (κ2) is 6.75. The van der Waals surface area contributed by atoms with Gasteiger partial charge in [0.25, 0.3) is 0 Å². The molecule has 1 aromatic rings. The lowest BCUT2D eigenvalue weighted by atomic mass is 10.4. The molecule has 7 heteroatoms. The molecule has 100 valence electrons. The summed E-state index contributed by atoms with van der Waals surface area (Å²) >= 11 is 2.67. The van der Waals surface area contributed by atoms with Gasteiger partial charge in [0.05, 0.1) is 18.0 Å². The van der Waals surface area contributed by atoms with E-state index in [2.05, 4.69) is 10.3 Å². The number of hydrogen-bond donors (Lipinski definition) is 2. The van der Waals surface area contributed by atoms with Gasteiger partial charge in [0, 0.05) is 0 Å². The highest BCUT2D eigenvalue weighted by molar-refractivity contribution is 8.00. The molecule has 1 rings (SSSR count). The number of rotatable bonds is 6. The standard InChI is InChI=1S/C11H16N2O3S2/c1-6(2)17-5-8(14)12-4-9-13-7(3)10(18-9)11(15)16/h6H,4-5H2,1-3H3,(H,12,14)(H,15,16). The van der Waals surface area contributed by atoms with Crippen molar-refractivity contribution < 1.29 is 14.7 Å². The van der Waals surface area contributed by atoms with Crippen molar-refractivity contribution in [3.63, 3.8) is 0 Å². The van der Waals surface area contributed by atoms with E-state index < -0.39 is 5.97 Å². The first kappa shape index (κ1) is 15.0. The van der Waals surface area contributed by atoms with Crippen LogP contribution in [-0.4, -0.2) is 33.0 Å². The number of carbonyl (C=O) groups is 2. The number of nitrogens with one attached hydrogen (secondary N) is 1. The summed E-state index contributed by atoms with van der Waals surface area (Å²) in [4.78, 5) is 26.7. The number of aryl methyl sites for hydroxylation is 1. The van der Waals surface area contributed by atoms with Crippen molar-refractivity contribution in [3.05, 3.63) is 15.6 Å². The molecule has 0 radical (unpaired) electrons. The van der Waals surface area contributed by atoms with Gasteiger partial charge >= 0.3 is 5.97 Å². The Morgan fingerprint density at radius 3 is 2.67 bits per heavy atom. The van der Waals surface area contributed by atoms with Crippen LogP contribution in [0, 0.1) is 6.92 Å². The Kier molecular flexibility index (Phi) is 5.61. The van der Waals surface area contributed by atoms with E-state index >= 15 is 0 Å². The maximum absolute atomic E-state index is 11.5. The molecule has 0 atom stereocenters. The maximum Gasteiger partial charge on any atom is 0.347 e. The van der Waals surface area contributed by atoms with E-state index in [0.29, 0.717) is 21.7 Å². The Balaban J connectivity index is 2.46. The first-order valence-corrected chi connectivity index (χ1v) is 7.34. The fraction of sp³-hybridized carbons (Fsp3) is 0.545. The number of carboxylic acids is 1. The van der Waals surface area contributed by atoms with Gasteiger partial charge in [-0.1, -0.05) is 13.8 Å². The van der Waals surface area contributed by atoms with E-state index in [4.69, 9.17) is 5.11 Å². The number of carbonyl (C=O) groups excluding carboxylic acids is 1. The fourth-order valence-corrected chi connectivity index (χ4v) is 2.62. The minimum atomic E-state index is -0.974. The summed E-state index contributed by atoms with van der Waals surface area (Å²) in [6.45, 7) is 6.00. The Morgan fingerprint density at radius 1 is 1.50 bits per heavy atom.